The number of nitrogens with zero attached hydrogens (tertiary/aromatic N) is 4. The number of nitrogens with one attached hydrogen (secondary N) is 1. The molecule has 1 unspecified atom stereocenters. The van der Waals surface area contributed by atoms with Crippen molar-refractivity contribution >= 4 is 5.95 Å². The van der Waals surface area contributed by atoms with E-state index in [1.165, 1.54) is 24.8 Å². The summed E-state index contributed by atoms with van der Waals surface area (Å²) in [5.41, 5.74) is 1.18. The van der Waals surface area contributed by atoms with E-state index >= 15 is 0 Å². The van der Waals surface area contributed by atoms with Crippen molar-refractivity contribution in [3.05, 3.63) is 18.0 Å². The third-order valence-electron chi connectivity index (χ3n) is 4.68. The highest BCUT2D eigenvalue weighted by molar-refractivity contribution is 5.30. The van der Waals surface area contributed by atoms with Gasteiger partial charge in [-0.3, -0.25) is 4.90 Å². The van der Waals surface area contributed by atoms with Gasteiger partial charge in [-0.25, -0.2) is 9.97 Å². The van der Waals surface area contributed by atoms with E-state index in [2.05, 4.69) is 38.9 Å². The van der Waals surface area contributed by atoms with Gasteiger partial charge in [0, 0.05) is 62.8 Å². The molecule has 0 bridgehead atoms. The van der Waals surface area contributed by atoms with Crippen LogP contribution >= 0.6 is 0 Å². The van der Waals surface area contributed by atoms with Gasteiger partial charge >= 0.3 is 0 Å². The lowest BCUT2D eigenvalue weighted by atomic mass is 10.2. The topological polar surface area (TPSA) is 44.3 Å². The standard InChI is InChI=1S/C16H27N5/c1-3-13(2)20-6-8-21(9-7-20)16-18-11-14(12-19-16)10-17-15-4-5-15/h11-13,15,17H,3-10H2,1-2H3. The minimum absolute atomic E-state index is 0.684. The Labute approximate surface area is 127 Å². The maximum Gasteiger partial charge on any atom is 0.225 e. The van der Waals surface area contributed by atoms with Gasteiger partial charge in [0.15, 0.2) is 0 Å². The molecule has 0 spiro atoms. The maximum absolute atomic E-state index is 4.55. The van der Waals surface area contributed by atoms with Crippen LogP contribution in [0.3, 0.4) is 0 Å². The Bertz CT molecular complexity index is 434. The molecule has 116 valence electrons. The summed E-state index contributed by atoms with van der Waals surface area (Å²) in [6.07, 6.45) is 7.80. The minimum Gasteiger partial charge on any atom is -0.338 e. The molecule has 0 amide bonds. The summed E-state index contributed by atoms with van der Waals surface area (Å²) in [6, 6.07) is 1.42. The van der Waals surface area contributed by atoms with Gasteiger partial charge in [0.1, 0.15) is 0 Å². The van der Waals surface area contributed by atoms with Crippen LogP contribution in [0.15, 0.2) is 12.4 Å². The van der Waals surface area contributed by atoms with Gasteiger partial charge < -0.3 is 10.2 Å². The fourth-order valence-corrected chi connectivity index (χ4v) is 2.77. The maximum atomic E-state index is 4.55. The van der Waals surface area contributed by atoms with E-state index in [1.54, 1.807) is 0 Å². The minimum atomic E-state index is 0.684. The lowest BCUT2D eigenvalue weighted by molar-refractivity contribution is 0.192. The first-order valence-electron chi connectivity index (χ1n) is 8.29. The van der Waals surface area contributed by atoms with Crippen LogP contribution in [0, 0.1) is 0 Å². The summed E-state index contributed by atoms with van der Waals surface area (Å²) in [6.45, 7) is 9.76. The van der Waals surface area contributed by atoms with E-state index in [0.717, 1.165) is 44.7 Å². The predicted molar refractivity (Wildman–Crippen MR) is 85.4 cm³/mol. The smallest absolute Gasteiger partial charge is 0.225 e. The largest absolute Gasteiger partial charge is 0.338 e. The van der Waals surface area contributed by atoms with Gasteiger partial charge in [0.2, 0.25) is 5.95 Å². The Morgan fingerprint density at radius 3 is 2.43 bits per heavy atom. The number of rotatable bonds is 6. The number of piperazine rings is 1. The Morgan fingerprint density at radius 1 is 1.19 bits per heavy atom. The quantitative estimate of drug-likeness (QED) is 0.862. The van der Waals surface area contributed by atoms with Crippen LogP contribution in [0.1, 0.15) is 38.7 Å². The second-order valence-electron chi connectivity index (χ2n) is 6.33. The van der Waals surface area contributed by atoms with Crippen LogP contribution in [0.25, 0.3) is 0 Å². The zero-order chi connectivity index (χ0) is 14.7. The van der Waals surface area contributed by atoms with E-state index < -0.39 is 0 Å². The molecular weight excluding hydrogens is 262 g/mol. The summed E-state index contributed by atoms with van der Waals surface area (Å²) in [5.74, 6) is 0.883. The second-order valence-corrected chi connectivity index (χ2v) is 6.33. The molecule has 1 aromatic rings. The highest BCUT2D eigenvalue weighted by atomic mass is 15.3. The second kappa shape index (κ2) is 6.71. The molecule has 5 heteroatoms. The molecule has 3 rings (SSSR count). The first-order valence-corrected chi connectivity index (χ1v) is 8.29. The van der Waals surface area contributed by atoms with Gasteiger partial charge in [0.05, 0.1) is 0 Å². The van der Waals surface area contributed by atoms with Gasteiger partial charge in [-0.15, -0.1) is 0 Å². The van der Waals surface area contributed by atoms with Crippen molar-refractivity contribution in [1.29, 1.82) is 0 Å². The van der Waals surface area contributed by atoms with Crippen molar-refractivity contribution in [1.82, 2.24) is 20.2 Å². The van der Waals surface area contributed by atoms with Crippen molar-refractivity contribution in [2.75, 3.05) is 31.1 Å². The normalized spacial score (nSPS) is 21.5. The molecule has 0 aromatic carbocycles. The third kappa shape index (κ3) is 3.92. The molecule has 2 fully saturated rings. The third-order valence-corrected chi connectivity index (χ3v) is 4.68. The van der Waals surface area contributed by atoms with Crippen LogP contribution in [-0.4, -0.2) is 53.1 Å². The van der Waals surface area contributed by atoms with E-state index in [4.69, 9.17) is 0 Å². The van der Waals surface area contributed by atoms with Gasteiger partial charge in [-0.05, 0) is 26.2 Å². The summed E-state index contributed by atoms with van der Waals surface area (Å²) in [5, 5.41) is 3.50. The number of aromatic nitrogens is 2. The van der Waals surface area contributed by atoms with Gasteiger partial charge in [-0.1, -0.05) is 6.92 Å². The molecule has 1 atom stereocenters. The van der Waals surface area contributed by atoms with Crippen LogP contribution in [-0.2, 0) is 6.54 Å². The molecule has 1 aliphatic carbocycles. The predicted octanol–water partition coefficient (Wildman–Crippen LogP) is 1.65. The molecule has 2 aliphatic rings. The highest BCUT2D eigenvalue weighted by Gasteiger charge is 2.22. The van der Waals surface area contributed by atoms with Crippen LogP contribution in [0.2, 0.25) is 0 Å². The number of anilines is 1. The van der Waals surface area contributed by atoms with E-state index in [0.29, 0.717) is 6.04 Å². The summed E-state index contributed by atoms with van der Waals surface area (Å²) in [4.78, 5) is 14.0. The van der Waals surface area contributed by atoms with Crippen molar-refractivity contribution in [2.24, 2.45) is 0 Å². The molecule has 0 radical (unpaired) electrons. The van der Waals surface area contributed by atoms with Crippen molar-refractivity contribution in [2.45, 2.75) is 51.7 Å². The van der Waals surface area contributed by atoms with Crippen LogP contribution in [0.5, 0.6) is 0 Å². The summed E-state index contributed by atoms with van der Waals surface area (Å²) in [7, 11) is 0. The Hall–Kier alpha value is -1.20. The summed E-state index contributed by atoms with van der Waals surface area (Å²) < 4.78 is 0. The van der Waals surface area contributed by atoms with Gasteiger partial charge in [-0.2, -0.15) is 0 Å². The van der Waals surface area contributed by atoms with Gasteiger partial charge in [0.25, 0.3) is 0 Å². The molecular formula is C16H27N5. The lowest BCUT2D eigenvalue weighted by Crippen LogP contribution is -2.49. The Kier molecular flexibility index (Phi) is 4.70. The first-order chi connectivity index (χ1) is 10.3. The van der Waals surface area contributed by atoms with Crippen LogP contribution < -0.4 is 10.2 Å². The zero-order valence-electron chi connectivity index (χ0n) is 13.3. The molecule has 1 aliphatic heterocycles. The summed E-state index contributed by atoms with van der Waals surface area (Å²) >= 11 is 0. The number of hydrogen-bond acceptors (Lipinski definition) is 5. The van der Waals surface area contributed by atoms with E-state index in [9.17, 15) is 0 Å². The molecule has 2 heterocycles. The number of hydrogen-bond donors (Lipinski definition) is 1. The highest BCUT2D eigenvalue weighted by Crippen LogP contribution is 2.19. The SMILES string of the molecule is CCC(C)N1CCN(c2ncc(CNC3CC3)cn2)CC1. The Balaban J connectivity index is 1.50. The monoisotopic (exact) mass is 289 g/mol. The van der Waals surface area contributed by atoms with Crippen molar-refractivity contribution < 1.29 is 0 Å². The van der Waals surface area contributed by atoms with E-state index in [-0.39, 0.29) is 0 Å². The average molecular weight is 289 g/mol. The van der Waals surface area contributed by atoms with Crippen LogP contribution in [0.4, 0.5) is 5.95 Å². The van der Waals surface area contributed by atoms with E-state index in [1.807, 2.05) is 12.4 Å². The molecule has 1 aromatic heterocycles. The molecule has 21 heavy (non-hydrogen) atoms. The Morgan fingerprint density at radius 2 is 1.86 bits per heavy atom. The van der Waals surface area contributed by atoms with Crippen molar-refractivity contribution in [3.63, 3.8) is 0 Å². The fourth-order valence-electron chi connectivity index (χ4n) is 2.77. The molecule has 1 saturated carbocycles. The molecule has 5 nitrogen and oxygen atoms in total. The molecule has 1 N–H and O–H groups in total. The first kappa shape index (κ1) is 14.7. The molecule has 1 saturated heterocycles. The lowest BCUT2D eigenvalue weighted by Gasteiger charge is -2.37. The zero-order valence-corrected chi connectivity index (χ0v) is 13.3. The van der Waals surface area contributed by atoms with Crippen molar-refractivity contribution in [3.8, 4) is 0 Å². The average Bonchev–Trinajstić information content (AvgIpc) is 3.37. The fraction of sp³-hybridized carbons (Fsp3) is 0.750.